The first-order valence-corrected chi connectivity index (χ1v) is 5.31. The summed E-state index contributed by atoms with van der Waals surface area (Å²) in [5.41, 5.74) is 0.248. The number of carbonyl (C=O) groups excluding carboxylic acids is 1. The Balaban J connectivity index is 3.10. The van der Waals surface area contributed by atoms with E-state index in [0.29, 0.717) is 17.2 Å². The summed E-state index contributed by atoms with van der Waals surface area (Å²) in [6, 6.07) is 2.98. The number of hydrogen-bond acceptors (Lipinski definition) is 6. The zero-order valence-electron chi connectivity index (χ0n) is 10.8. The van der Waals surface area contributed by atoms with Gasteiger partial charge in [0.15, 0.2) is 11.5 Å². The van der Waals surface area contributed by atoms with Crippen LogP contribution in [0.4, 0.5) is 0 Å². The van der Waals surface area contributed by atoms with Gasteiger partial charge in [0.2, 0.25) is 5.75 Å². The van der Waals surface area contributed by atoms with Crippen LogP contribution in [-0.2, 0) is 9.78 Å². The Morgan fingerprint density at radius 2 is 1.61 bits per heavy atom. The van der Waals surface area contributed by atoms with Gasteiger partial charge in [0, 0.05) is 0 Å². The molecule has 0 aliphatic heterocycles. The molecule has 1 aromatic rings. The first-order chi connectivity index (χ1) is 8.67. The zero-order valence-corrected chi connectivity index (χ0v) is 10.8. The highest BCUT2D eigenvalue weighted by atomic mass is 17.2. The Morgan fingerprint density at radius 1 is 1.06 bits per heavy atom. The fraction of sp³-hybridized carbons (Fsp3) is 0.417. The van der Waals surface area contributed by atoms with E-state index in [0.717, 1.165) is 0 Å². The predicted molar refractivity (Wildman–Crippen MR) is 63.1 cm³/mol. The molecular formula is C12H16O6. The molecule has 6 nitrogen and oxygen atoms in total. The standard InChI is InChI=1S/C12H16O6/c1-5-17-18-12(13)8-6-9(14-2)11(16-4)10(7-8)15-3/h6-7H,5H2,1-4H3. The van der Waals surface area contributed by atoms with Gasteiger partial charge in [0.05, 0.1) is 33.5 Å². The maximum Gasteiger partial charge on any atom is 0.373 e. The van der Waals surface area contributed by atoms with E-state index in [4.69, 9.17) is 14.2 Å². The first-order valence-electron chi connectivity index (χ1n) is 5.31. The van der Waals surface area contributed by atoms with Gasteiger partial charge >= 0.3 is 5.97 Å². The minimum atomic E-state index is -0.629. The number of rotatable bonds is 6. The minimum absolute atomic E-state index is 0.248. The van der Waals surface area contributed by atoms with Crippen molar-refractivity contribution < 1.29 is 28.8 Å². The van der Waals surface area contributed by atoms with Crippen molar-refractivity contribution in [3.63, 3.8) is 0 Å². The fourth-order valence-electron chi connectivity index (χ4n) is 1.36. The molecule has 0 spiro atoms. The van der Waals surface area contributed by atoms with Gasteiger partial charge in [-0.05, 0) is 19.1 Å². The van der Waals surface area contributed by atoms with E-state index in [1.54, 1.807) is 6.92 Å². The molecule has 0 N–H and O–H groups in total. The summed E-state index contributed by atoms with van der Waals surface area (Å²) in [7, 11) is 4.42. The SMILES string of the molecule is CCOOC(=O)c1cc(OC)c(OC)c(OC)c1. The molecule has 0 unspecified atom stereocenters. The van der Waals surface area contributed by atoms with Crippen LogP contribution in [0.2, 0.25) is 0 Å². The van der Waals surface area contributed by atoms with Gasteiger partial charge in [0.25, 0.3) is 0 Å². The van der Waals surface area contributed by atoms with Crippen molar-refractivity contribution >= 4 is 5.97 Å². The Bertz CT molecular complexity index is 390. The van der Waals surface area contributed by atoms with E-state index in [9.17, 15) is 4.79 Å². The highest BCUT2D eigenvalue weighted by Gasteiger charge is 2.18. The van der Waals surface area contributed by atoms with Crippen LogP contribution >= 0.6 is 0 Å². The second-order valence-corrected chi connectivity index (χ2v) is 3.19. The van der Waals surface area contributed by atoms with E-state index in [1.165, 1.54) is 33.5 Å². The van der Waals surface area contributed by atoms with Crippen molar-refractivity contribution in [2.24, 2.45) is 0 Å². The van der Waals surface area contributed by atoms with E-state index in [-0.39, 0.29) is 12.2 Å². The molecule has 0 aliphatic carbocycles. The normalized spacial score (nSPS) is 9.78. The quantitative estimate of drug-likeness (QED) is 0.571. The van der Waals surface area contributed by atoms with Crippen molar-refractivity contribution in [2.75, 3.05) is 27.9 Å². The third-order valence-electron chi connectivity index (χ3n) is 2.15. The summed E-state index contributed by atoms with van der Waals surface area (Å²) in [5, 5.41) is 0. The van der Waals surface area contributed by atoms with Crippen molar-refractivity contribution in [1.29, 1.82) is 0 Å². The summed E-state index contributed by atoms with van der Waals surface area (Å²) in [4.78, 5) is 20.8. The lowest BCUT2D eigenvalue weighted by atomic mass is 10.2. The average molecular weight is 256 g/mol. The molecule has 0 saturated heterocycles. The van der Waals surface area contributed by atoms with Gasteiger partial charge in [-0.2, -0.15) is 4.89 Å². The molecule has 0 aromatic heterocycles. The molecule has 100 valence electrons. The summed E-state index contributed by atoms with van der Waals surface area (Å²) in [5.74, 6) is 0.532. The average Bonchev–Trinajstić information content (AvgIpc) is 2.42. The molecule has 0 aliphatic rings. The van der Waals surface area contributed by atoms with Gasteiger partial charge < -0.3 is 14.2 Å². The minimum Gasteiger partial charge on any atom is -0.493 e. The van der Waals surface area contributed by atoms with Crippen LogP contribution < -0.4 is 14.2 Å². The van der Waals surface area contributed by atoms with Gasteiger partial charge in [-0.3, -0.25) is 4.89 Å². The molecule has 0 bridgehead atoms. The van der Waals surface area contributed by atoms with E-state index >= 15 is 0 Å². The van der Waals surface area contributed by atoms with E-state index in [2.05, 4.69) is 9.78 Å². The van der Waals surface area contributed by atoms with Crippen LogP contribution in [0, 0.1) is 0 Å². The topological polar surface area (TPSA) is 63.2 Å². The monoisotopic (exact) mass is 256 g/mol. The summed E-state index contributed by atoms with van der Waals surface area (Å²) >= 11 is 0. The second kappa shape index (κ2) is 6.70. The van der Waals surface area contributed by atoms with Crippen LogP contribution in [0.15, 0.2) is 12.1 Å². The number of benzene rings is 1. The van der Waals surface area contributed by atoms with Crippen molar-refractivity contribution in [1.82, 2.24) is 0 Å². The predicted octanol–water partition coefficient (Wildman–Crippen LogP) is 1.82. The van der Waals surface area contributed by atoms with Gasteiger partial charge in [-0.25, -0.2) is 4.79 Å². The lowest BCUT2D eigenvalue weighted by molar-refractivity contribution is -0.236. The number of hydrogen-bond donors (Lipinski definition) is 0. The molecule has 0 fully saturated rings. The lowest BCUT2D eigenvalue weighted by Gasteiger charge is -2.13. The molecule has 1 aromatic carbocycles. The molecule has 0 amide bonds. The second-order valence-electron chi connectivity index (χ2n) is 3.19. The van der Waals surface area contributed by atoms with Crippen LogP contribution in [0.1, 0.15) is 17.3 Å². The Morgan fingerprint density at radius 3 is 2.00 bits per heavy atom. The van der Waals surface area contributed by atoms with Crippen LogP contribution in [-0.4, -0.2) is 33.9 Å². The van der Waals surface area contributed by atoms with Crippen LogP contribution in [0.25, 0.3) is 0 Å². The Labute approximate surface area is 105 Å². The summed E-state index contributed by atoms with van der Waals surface area (Å²) in [6.07, 6.45) is 0. The maximum absolute atomic E-state index is 11.6. The van der Waals surface area contributed by atoms with E-state index in [1.807, 2.05) is 0 Å². The Kier molecular flexibility index (Phi) is 5.26. The van der Waals surface area contributed by atoms with E-state index < -0.39 is 5.97 Å². The molecule has 0 radical (unpaired) electrons. The third kappa shape index (κ3) is 3.04. The highest BCUT2D eigenvalue weighted by Crippen LogP contribution is 2.38. The number of methoxy groups -OCH3 is 3. The fourth-order valence-corrected chi connectivity index (χ4v) is 1.36. The molecule has 0 atom stereocenters. The summed E-state index contributed by atoms with van der Waals surface area (Å²) < 4.78 is 15.4. The third-order valence-corrected chi connectivity index (χ3v) is 2.15. The van der Waals surface area contributed by atoms with Crippen molar-refractivity contribution in [2.45, 2.75) is 6.92 Å². The molecule has 0 heterocycles. The van der Waals surface area contributed by atoms with Crippen LogP contribution in [0.5, 0.6) is 17.2 Å². The highest BCUT2D eigenvalue weighted by molar-refractivity contribution is 5.90. The number of carbonyl (C=O) groups is 1. The molecule has 0 saturated carbocycles. The van der Waals surface area contributed by atoms with Crippen molar-refractivity contribution in [3.8, 4) is 17.2 Å². The molecule has 18 heavy (non-hydrogen) atoms. The van der Waals surface area contributed by atoms with Crippen molar-refractivity contribution in [3.05, 3.63) is 17.7 Å². The molecule has 1 rings (SSSR count). The van der Waals surface area contributed by atoms with Gasteiger partial charge in [-0.1, -0.05) is 0 Å². The molecule has 6 heteroatoms. The largest absolute Gasteiger partial charge is 0.493 e. The maximum atomic E-state index is 11.6. The number of ether oxygens (including phenoxy) is 3. The van der Waals surface area contributed by atoms with Gasteiger partial charge in [0.1, 0.15) is 0 Å². The zero-order chi connectivity index (χ0) is 13.5. The smallest absolute Gasteiger partial charge is 0.373 e. The lowest BCUT2D eigenvalue weighted by Crippen LogP contribution is -2.07. The van der Waals surface area contributed by atoms with Crippen LogP contribution in [0.3, 0.4) is 0 Å². The Hall–Kier alpha value is -1.95. The first kappa shape index (κ1) is 14.1. The summed E-state index contributed by atoms with van der Waals surface area (Å²) in [6.45, 7) is 1.98. The van der Waals surface area contributed by atoms with Gasteiger partial charge in [-0.15, -0.1) is 0 Å². The molecular weight excluding hydrogens is 240 g/mol.